The zero-order valence-electron chi connectivity index (χ0n) is 13.2. The van der Waals surface area contributed by atoms with Crippen LogP contribution in [0.2, 0.25) is 0 Å². The summed E-state index contributed by atoms with van der Waals surface area (Å²) in [5, 5.41) is 13.4. The van der Waals surface area contributed by atoms with Crippen molar-refractivity contribution in [3.63, 3.8) is 0 Å². The topological polar surface area (TPSA) is 75.6 Å². The summed E-state index contributed by atoms with van der Waals surface area (Å²) in [6.45, 7) is 0. The van der Waals surface area contributed by atoms with Crippen molar-refractivity contribution in [3.8, 4) is 0 Å². The third kappa shape index (κ3) is 5.25. The molecule has 1 aliphatic rings. The van der Waals surface area contributed by atoms with Crippen LogP contribution in [0.4, 0.5) is 0 Å². The molecule has 6 heteroatoms. The number of hydrogen-bond donors (Lipinski definition) is 2. The van der Waals surface area contributed by atoms with E-state index in [2.05, 4.69) is 10.1 Å². The van der Waals surface area contributed by atoms with Gasteiger partial charge in [-0.25, -0.2) is 0 Å². The van der Waals surface area contributed by atoms with Gasteiger partial charge in [0.25, 0.3) is 5.91 Å². The lowest BCUT2D eigenvalue weighted by Crippen LogP contribution is -2.44. The Kier molecular flexibility index (Phi) is 6.92. The molecular formula is C17H23NO4S. The Morgan fingerprint density at radius 2 is 2.04 bits per heavy atom. The Balaban J connectivity index is 1.74. The summed E-state index contributed by atoms with van der Waals surface area (Å²) in [6.07, 6.45) is 2.32. The van der Waals surface area contributed by atoms with Crippen molar-refractivity contribution in [3.05, 3.63) is 35.9 Å². The fraction of sp³-hybridized carbons (Fsp3) is 0.529. The molecule has 1 aromatic carbocycles. The van der Waals surface area contributed by atoms with Crippen molar-refractivity contribution in [2.75, 3.05) is 12.9 Å². The maximum Gasteiger partial charge on any atom is 0.305 e. The highest BCUT2D eigenvalue weighted by Crippen LogP contribution is 2.31. The summed E-state index contributed by atoms with van der Waals surface area (Å²) < 4.78 is 4.61. The molecular weight excluding hydrogens is 314 g/mol. The van der Waals surface area contributed by atoms with Gasteiger partial charge in [-0.15, -0.1) is 0 Å². The molecule has 1 saturated heterocycles. The summed E-state index contributed by atoms with van der Waals surface area (Å²) in [6, 6.07) is 8.79. The Morgan fingerprint density at radius 1 is 1.30 bits per heavy atom. The maximum atomic E-state index is 12.1. The molecule has 0 spiro atoms. The third-order valence-corrected chi connectivity index (χ3v) is 5.48. The fourth-order valence-corrected chi connectivity index (χ4v) is 4.08. The number of carbonyl (C=O) groups is 2. The lowest BCUT2D eigenvalue weighted by Gasteiger charge is -2.19. The number of hydrogen-bond acceptors (Lipinski definition) is 5. The summed E-state index contributed by atoms with van der Waals surface area (Å²) in [5.74, 6) is 0.362. The van der Waals surface area contributed by atoms with E-state index in [9.17, 15) is 14.7 Å². The molecule has 0 bridgehead atoms. The van der Waals surface area contributed by atoms with Crippen molar-refractivity contribution >= 4 is 23.6 Å². The summed E-state index contributed by atoms with van der Waals surface area (Å²) >= 11 is 1.68. The highest BCUT2D eigenvalue weighted by molar-refractivity contribution is 8.00. The molecule has 1 amide bonds. The first-order valence-corrected chi connectivity index (χ1v) is 8.89. The van der Waals surface area contributed by atoms with E-state index in [0.29, 0.717) is 17.7 Å². The minimum Gasteiger partial charge on any atom is -0.469 e. The number of methoxy groups -OCH3 is 1. The van der Waals surface area contributed by atoms with Crippen LogP contribution in [0, 0.1) is 0 Å². The van der Waals surface area contributed by atoms with Gasteiger partial charge in [-0.05, 0) is 25.0 Å². The molecule has 23 heavy (non-hydrogen) atoms. The maximum absolute atomic E-state index is 12.1. The quantitative estimate of drug-likeness (QED) is 0.588. The Labute approximate surface area is 140 Å². The number of unbranched alkanes of at least 4 members (excludes halogenated alkanes) is 1. The standard InChI is InChI=1S/C17H23NO4S/c1-22-15(19)10-6-5-9-14-16(20)13(11-23-14)18-17(21)12-7-3-2-4-8-12/h2-4,7-8,13-14,16,20H,5-6,9-11H2,1H3,(H,18,21)/t13-,14+,16+/m0/s1. The van der Waals surface area contributed by atoms with Crippen molar-refractivity contribution < 1.29 is 19.4 Å². The van der Waals surface area contributed by atoms with E-state index < -0.39 is 6.10 Å². The lowest BCUT2D eigenvalue weighted by molar-refractivity contribution is -0.140. The molecule has 1 fully saturated rings. The van der Waals surface area contributed by atoms with Gasteiger partial charge in [0.2, 0.25) is 0 Å². The van der Waals surface area contributed by atoms with Crippen LogP contribution in [-0.4, -0.2) is 47.2 Å². The first-order chi connectivity index (χ1) is 11.1. The number of rotatable bonds is 7. The first kappa shape index (κ1) is 17.8. The second-order valence-electron chi connectivity index (χ2n) is 5.63. The molecule has 2 rings (SSSR count). The van der Waals surface area contributed by atoms with E-state index in [1.54, 1.807) is 23.9 Å². The van der Waals surface area contributed by atoms with Gasteiger partial charge in [0.05, 0.1) is 19.3 Å². The average molecular weight is 337 g/mol. The summed E-state index contributed by atoms with van der Waals surface area (Å²) in [5.41, 5.74) is 0.603. The van der Waals surface area contributed by atoms with Gasteiger partial charge in [-0.3, -0.25) is 9.59 Å². The molecule has 1 aliphatic heterocycles. The molecule has 0 aliphatic carbocycles. The normalized spacial score (nSPS) is 23.5. The van der Waals surface area contributed by atoms with Crippen molar-refractivity contribution in [1.29, 1.82) is 0 Å². The highest BCUT2D eigenvalue weighted by atomic mass is 32.2. The molecule has 0 aromatic heterocycles. The Bertz CT molecular complexity index is 523. The minimum atomic E-state index is -0.550. The number of esters is 1. The number of amides is 1. The van der Waals surface area contributed by atoms with E-state index in [1.165, 1.54) is 7.11 Å². The largest absolute Gasteiger partial charge is 0.469 e. The smallest absolute Gasteiger partial charge is 0.305 e. The molecule has 3 atom stereocenters. The van der Waals surface area contributed by atoms with Crippen LogP contribution >= 0.6 is 11.8 Å². The molecule has 0 saturated carbocycles. The van der Waals surface area contributed by atoms with Gasteiger partial charge in [0.15, 0.2) is 0 Å². The molecule has 1 heterocycles. The van der Waals surface area contributed by atoms with Gasteiger partial charge < -0.3 is 15.2 Å². The number of carbonyl (C=O) groups excluding carboxylic acids is 2. The van der Waals surface area contributed by atoms with Crippen molar-refractivity contribution in [1.82, 2.24) is 5.32 Å². The van der Waals surface area contributed by atoms with Gasteiger partial charge in [-0.2, -0.15) is 11.8 Å². The van der Waals surface area contributed by atoms with Crippen molar-refractivity contribution in [2.45, 2.75) is 43.1 Å². The number of aliphatic hydroxyl groups is 1. The van der Waals surface area contributed by atoms with Gasteiger partial charge in [0.1, 0.15) is 0 Å². The summed E-state index contributed by atoms with van der Waals surface area (Å²) in [4.78, 5) is 23.2. The Hall–Kier alpha value is -1.53. The predicted octanol–water partition coefficient (Wildman–Crippen LogP) is 1.99. The molecule has 126 valence electrons. The monoisotopic (exact) mass is 337 g/mol. The molecule has 0 unspecified atom stereocenters. The number of nitrogens with one attached hydrogen (secondary N) is 1. The second-order valence-corrected chi connectivity index (χ2v) is 6.90. The Morgan fingerprint density at radius 3 is 2.74 bits per heavy atom. The van der Waals surface area contributed by atoms with E-state index in [0.717, 1.165) is 19.3 Å². The van der Waals surface area contributed by atoms with E-state index in [1.807, 2.05) is 18.2 Å². The highest BCUT2D eigenvalue weighted by Gasteiger charge is 2.35. The van der Waals surface area contributed by atoms with Crippen LogP contribution in [0.15, 0.2) is 30.3 Å². The predicted molar refractivity (Wildman–Crippen MR) is 90.4 cm³/mol. The van der Waals surface area contributed by atoms with Crippen LogP contribution in [0.3, 0.4) is 0 Å². The number of aliphatic hydroxyl groups excluding tert-OH is 1. The first-order valence-electron chi connectivity index (χ1n) is 7.84. The number of thioether (sulfide) groups is 1. The molecule has 1 aromatic rings. The zero-order chi connectivity index (χ0) is 16.7. The van der Waals surface area contributed by atoms with E-state index >= 15 is 0 Å². The van der Waals surface area contributed by atoms with Gasteiger partial charge >= 0.3 is 5.97 Å². The number of benzene rings is 1. The number of ether oxygens (including phenoxy) is 1. The zero-order valence-corrected chi connectivity index (χ0v) is 14.1. The average Bonchev–Trinajstić information content (AvgIpc) is 2.92. The van der Waals surface area contributed by atoms with Crippen LogP contribution in [-0.2, 0) is 9.53 Å². The van der Waals surface area contributed by atoms with Gasteiger partial charge in [0, 0.05) is 23.0 Å². The molecule has 2 N–H and O–H groups in total. The minimum absolute atomic E-state index is 0.105. The van der Waals surface area contributed by atoms with E-state index in [4.69, 9.17) is 0 Å². The van der Waals surface area contributed by atoms with Gasteiger partial charge in [-0.1, -0.05) is 24.6 Å². The molecule has 5 nitrogen and oxygen atoms in total. The molecule has 0 radical (unpaired) electrons. The third-order valence-electron chi connectivity index (χ3n) is 3.98. The SMILES string of the molecule is COC(=O)CCCC[C@H]1SC[C@H](NC(=O)c2ccccc2)[C@H]1O. The fourth-order valence-electron chi connectivity index (χ4n) is 2.62. The van der Waals surface area contributed by atoms with Crippen LogP contribution in [0.5, 0.6) is 0 Å². The summed E-state index contributed by atoms with van der Waals surface area (Å²) in [7, 11) is 1.39. The van der Waals surface area contributed by atoms with Crippen molar-refractivity contribution in [2.24, 2.45) is 0 Å². The van der Waals surface area contributed by atoms with Crippen LogP contribution < -0.4 is 5.32 Å². The second kappa shape index (κ2) is 8.93. The van der Waals surface area contributed by atoms with Crippen LogP contribution in [0.1, 0.15) is 36.0 Å². The lowest BCUT2D eigenvalue weighted by atomic mass is 10.0. The van der Waals surface area contributed by atoms with E-state index in [-0.39, 0.29) is 23.2 Å². The van der Waals surface area contributed by atoms with Crippen LogP contribution in [0.25, 0.3) is 0 Å².